The van der Waals surface area contributed by atoms with Crippen molar-refractivity contribution in [1.82, 2.24) is 19.3 Å². The first kappa shape index (κ1) is 20.8. The lowest BCUT2D eigenvalue weighted by atomic mass is 10.2. The molecule has 1 atom stereocenters. The van der Waals surface area contributed by atoms with Crippen LogP contribution in [0.3, 0.4) is 0 Å². The van der Waals surface area contributed by atoms with Crippen LogP contribution in [0.2, 0.25) is 0 Å². The fourth-order valence-corrected chi connectivity index (χ4v) is 3.93. The molecule has 8 heteroatoms. The summed E-state index contributed by atoms with van der Waals surface area (Å²) in [5.41, 5.74) is 2.01. The Hall–Kier alpha value is -4.07. The van der Waals surface area contributed by atoms with Crippen molar-refractivity contribution in [3.63, 3.8) is 0 Å². The fourth-order valence-electron chi connectivity index (χ4n) is 3.93. The number of nitrogens with zero attached hydrogens (tertiary/aromatic N) is 4. The third-order valence-electron chi connectivity index (χ3n) is 5.91. The van der Waals surface area contributed by atoms with Gasteiger partial charge in [0.05, 0.1) is 22.3 Å². The van der Waals surface area contributed by atoms with Gasteiger partial charge in [-0.1, -0.05) is 18.2 Å². The van der Waals surface area contributed by atoms with E-state index in [9.17, 15) is 14.4 Å². The van der Waals surface area contributed by atoms with Crippen LogP contribution in [-0.4, -0.2) is 25.2 Å². The van der Waals surface area contributed by atoms with E-state index in [1.807, 2.05) is 30.3 Å². The molecule has 0 saturated heterocycles. The number of aryl methyl sites for hydroxylation is 1. The average Bonchev–Trinajstić information content (AvgIpc) is 3.66. The molecule has 1 fully saturated rings. The molecule has 2 heterocycles. The van der Waals surface area contributed by atoms with Gasteiger partial charge in [-0.05, 0) is 63.1 Å². The zero-order valence-electron chi connectivity index (χ0n) is 18.4. The molecular formula is C25H23N5O3. The van der Waals surface area contributed by atoms with Gasteiger partial charge in [0, 0.05) is 17.7 Å². The predicted molar refractivity (Wildman–Crippen MR) is 126 cm³/mol. The lowest BCUT2D eigenvalue weighted by Crippen LogP contribution is -2.33. The van der Waals surface area contributed by atoms with Crippen molar-refractivity contribution in [3.8, 4) is 5.69 Å². The highest BCUT2D eigenvalue weighted by Gasteiger charge is 2.27. The quantitative estimate of drug-likeness (QED) is 0.512. The van der Waals surface area contributed by atoms with Gasteiger partial charge in [0.15, 0.2) is 0 Å². The average molecular weight is 441 g/mol. The minimum absolute atomic E-state index is 0.220. The van der Waals surface area contributed by atoms with Crippen molar-refractivity contribution >= 4 is 22.5 Å². The van der Waals surface area contributed by atoms with Gasteiger partial charge in [-0.25, -0.2) is 9.67 Å². The second kappa shape index (κ2) is 8.12. The Bertz CT molecular complexity index is 1490. The van der Waals surface area contributed by atoms with Gasteiger partial charge in [0.25, 0.3) is 11.1 Å². The molecule has 1 aliphatic rings. The molecule has 8 nitrogen and oxygen atoms in total. The normalized spacial score (nSPS) is 14.2. The van der Waals surface area contributed by atoms with Gasteiger partial charge in [-0.15, -0.1) is 0 Å². The van der Waals surface area contributed by atoms with Crippen molar-refractivity contribution in [3.05, 3.63) is 92.9 Å². The smallest absolute Gasteiger partial charge is 0.267 e. The molecule has 2 aromatic heterocycles. The highest BCUT2D eigenvalue weighted by Crippen LogP contribution is 2.38. The third-order valence-corrected chi connectivity index (χ3v) is 5.91. The molecule has 1 N–H and O–H groups in total. The minimum Gasteiger partial charge on any atom is -0.324 e. The number of benzene rings is 2. The number of aromatic nitrogens is 4. The van der Waals surface area contributed by atoms with Gasteiger partial charge in [-0.3, -0.25) is 19.0 Å². The summed E-state index contributed by atoms with van der Waals surface area (Å²) in [4.78, 5) is 43.0. The molecule has 0 radical (unpaired) electrons. The van der Waals surface area contributed by atoms with Crippen LogP contribution in [-0.2, 0) is 4.79 Å². The summed E-state index contributed by atoms with van der Waals surface area (Å²) in [5, 5.41) is 7.60. The number of anilines is 1. The molecule has 0 aliphatic heterocycles. The van der Waals surface area contributed by atoms with E-state index >= 15 is 0 Å². The van der Waals surface area contributed by atoms with Crippen LogP contribution in [0.15, 0.2) is 70.3 Å². The van der Waals surface area contributed by atoms with E-state index in [-0.39, 0.29) is 17.0 Å². The zero-order valence-corrected chi connectivity index (χ0v) is 18.4. The highest BCUT2D eigenvalue weighted by atomic mass is 16.2. The van der Waals surface area contributed by atoms with Crippen LogP contribution in [0.25, 0.3) is 16.6 Å². The van der Waals surface area contributed by atoms with Gasteiger partial charge in [0.1, 0.15) is 11.9 Å². The molecule has 33 heavy (non-hydrogen) atoms. The number of nitrogens with one attached hydrogen (secondary N) is 1. The number of hydrogen-bond donors (Lipinski definition) is 1. The summed E-state index contributed by atoms with van der Waals surface area (Å²) in [7, 11) is 0. The Morgan fingerprint density at radius 1 is 1.06 bits per heavy atom. The fraction of sp³-hybridized carbons (Fsp3) is 0.240. The first-order chi connectivity index (χ1) is 15.9. The molecule has 1 saturated carbocycles. The molecular weight excluding hydrogens is 418 g/mol. The molecule has 1 amide bonds. The van der Waals surface area contributed by atoms with Crippen molar-refractivity contribution in [1.29, 1.82) is 0 Å². The summed E-state index contributed by atoms with van der Waals surface area (Å²) in [5.74, 6) is 0.556. The number of carbonyl (C=O) groups excluding carboxylic acids is 1. The first-order valence-electron chi connectivity index (χ1n) is 10.9. The van der Waals surface area contributed by atoms with Crippen LogP contribution in [0, 0.1) is 6.92 Å². The van der Waals surface area contributed by atoms with Crippen LogP contribution in [0.4, 0.5) is 5.69 Å². The number of para-hydroxylation sites is 1. The number of rotatable bonds is 5. The Kier molecular flexibility index (Phi) is 5.12. The summed E-state index contributed by atoms with van der Waals surface area (Å²) < 4.78 is 2.76. The Balaban J connectivity index is 1.47. The molecule has 4 aromatic rings. The second-order valence-electron chi connectivity index (χ2n) is 8.35. The van der Waals surface area contributed by atoms with E-state index < -0.39 is 6.04 Å². The summed E-state index contributed by atoms with van der Waals surface area (Å²) in [6.45, 7) is 3.42. The predicted octanol–water partition coefficient (Wildman–Crippen LogP) is 3.33. The maximum Gasteiger partial charge on any atom is 0.267 e. The molecule has 0 bridgehead atoms. The van der Waals surface area contributed by atoms with Crippen molar-refractivity contribution in [2.45, 2.75) is 38.6 Å². The minimum atomic E-state index is -0.802. The zero-order chi connectivity index (χ0) is 23.1. The van der Waals surface area contributed by atoms with Crippen molar-refractivity contribution in [2.24, 2.45) is 0 Å². The van der Waals surface area contributed by atoms with Crippen molar-refractivity contribution < 1.29 is 4.79 Å². The molecule has 1 aliphatic carbocycles. The van der Waals surface area contributed by atoms with E-state index in [4.69, 9.17) is 0 Å². The largest absolute Gasteiger partial charge is 0.324 e. The molecule has 2 aromatic carbocycles. The van der Waals surface area contributed by atoms with E-state index in [2.05, 4.69) is 15.4 Å². The molecule has 0 spiro atoms. The Morgan fingerprint density at radius 3 is 2.55 bits per heavy atom. The number of carbonyl (C=O) groups is 1. The highest BCUT2D eigenvalue weighted by molar-refractivity contribution is 5.95. The van der Waals surface area contributed by atoms with Crippen LogP contribution >= 0.6 is 0 Å². The van der Waals surface area contributed by atoms with E-state index in [1.54, 1.807) is 42.7 Å². The second-order valence-corrected chi connectivity index (χ2v) is 8.35. The Labute approximate surface area is 189 Å². The summed E-state index contributed by atoms with van der Waals surface area (Å²) >= 11 is 0. The lowest BCUT2D eigenvalue weighted by molar-refractivity contribution is -0.119. The lowest BCUT2D eigenvalue weighted by Gasteiger charge is -2.15. The molecule has 1 unspecified atom stereocenters. The first-order valence-corrected chi connectivity index (χ1v) is 10.9. The van der Waals surface area contributed by atoms with Crippen LogP contribution in [0.1, 0.15) is 43.2 Å². The summed E-state index contributed by atoms with van der Waals surface area (Å²) in [6, 6.07) is 16.7. The maximum atomic E-state index is 13.2. The maximum absolute atomic E-state index is 13.2. The number of hydrogen-bond acceptors (Lipinski definition) is 5. The van der Waals surface area contributed by atoms with Gasteiger partial charge < -0.3 is 5.32 Å². The van der Waals surface area contributed by atoms with Gasteiger partial charge >= 0.3 is 0 Å². The Morgan fingerprint density at radius 2 is 1.82 bits per heavy atom. The summed E-state index contributed by atoms with van der Waals surface area (Å²) in [6.07, 6.45) is 2.10. The van der Waals surface area contributed by atoms with E-state index in [0.29, 0.717) is 28.3 Å². The van der Waals surface area contributed by atoms with Gasteiger partial charge in [-0.2, -0.15) is 5.10 Å². The third kappa shape index (κ3) is 3.95. The van der Waals surface area contributed by atoms with Crippen molar-refractivity contribution in [2.75, 3.05) is 5.32 Å². The molecule has 166 valence electrons. The van der Waals surface area contributed by atoms with E-state index in [0.717, 1.165) is 24.2 Å². The topological polar surface area (TPSA) is 98.9 Å². The molecule has 5 rings (SSSR count). The van der Waals surface area contributed by atoms with Crippen LogP contribution < -0.4 is 16.4 Å². The monoisotopic (exact) mass is 441 g/mol. The standard InChI is InChI=1S/C25H23N5O3/c1-15(30-23(31)13-12-21(28-30)17-8-9-17)24(32)27-18-10-11-22-20(14-18)25(33)29(16(2)26-22)19-6-4-3-5-7-19/h3-7,10-15,17H,8-9H2,1-2H3,(H,27,32). The number of fused-ring (bicyclic) bond motifs is 1. The van der Waals surface area contributed by atoms with Crippen LogP contribution in [0.5, 0.6) is 0 Å². The van der Waals surface area contributed by atoms with E-state index in [1.165, 1.54) is 10.7 Å². The number of amides is 1. The van der Waals surface area contributed by atoms with Gasteiger partial charge in [0.2, 0.25) is 5.91 Å². The SMILES string of the molecule is Cc1nc2ccc(NC(=O)C(C)n3nc(C4CC4)ccc3=O)cc2c(=O)n1-c1ccccc1.